The Morgan fingerprint density at radius 2 is 1.70 bits per heavy atom. The lowest BCUT2D eigenvalue weighted by Crippen LogP contribution is -2.52. The van der Waals surface area contributed by atoms with E-state index in [1.165, 1.54) is 11.3 Å². The van der Waals surface area contributed by atoms with Gasteiger partial charge in [0.2, 0.25) is 5.91 Å². The fraction of sp³-hybridized carbons (Fsp3) is 0.867. The van der Waals surface area contributed by atoms with Crippen molar-refractivity contribution in [2.45, 2.75) is 64.5 Å². The van der Waals surface area contributed by atoms with Crippen LogP contribution in [0.3, 0.4) is 0 Å². The summed E-state index contributed by atoms with van der Waals surface area (Å²) in [4.78, 5) is 25.8. The molecule has 2 amide bonds. The number of nitrogens with zero attached hydrogens (tertiary/aromatic N) is 1. The van der Waals surface area contributed by atoms with Crippen molar-refractivity contribution < 1.29 is 14.3 Å². The molecule has 0 spiro atoms. The summed E-state index contributed by atoms with van der Waals surface area (Å²) in [5.41, 5.74) is -0.553. The number of carbonyl (C=O) groups excluding carboxylic acids is 2. The molecule has 0 heterocycles. The summed E-state index contributed by atoms with van der Waals surface area (Å²) in [6, 6.07) is -0.472. The van der Waals surface area contributed by atoms with E-state index in [2.05, 4.69) is 5.32 Å². The molecule has 5 heteroatoms. The third-order valence-corrected chi connectivity index (χ3v) is 3.50. The van der Waals surface area contributed by atoms with Crippen molar-refractivity contribution >= 4 is 12.0 Å². The number of hydrogen-bond donors (Lipinski definition) is 1. The van der Waals surface area contributed by atoms with Gasteiger partial charge >= 0.3 is 6.09 Å². The predicted molar refractivity (Wildman–Crippen MR) is 78.4 cm³/mol. The molecular weight excluding hydrogens is 256 g/mol. The highest BCUT2D eigenvalue weighted by Crippen LogP contribution is 2.27. The van der Waals surface area contributed by atoms with Crippen molar-refractivity contribution in [3.05, 3.63) is 0 Å². The molecule has 1 rings (SSSR count). The monoisotopic (exact) mass is 284 g/mol. The Balaban J connectivity index is 2.72. The Morgan fingerprint density at radius 1 is 1.15 bits per heavy atom. The van der Waals surface area contributed by atoms with Crippen molar-refractivity contribution in [2.75, 3.05) is 14.1 Å². The number of alkyl carbamates (subject to hydrolysis) is 1. The second-order valence-electron chi connectivity index (χ2n) is 6.75. The summed E-state index contributed by atoms with van der Waals surface area (Å²) in [6.07, 6.45) is 4.92. The normalized spacial score (nSPS) is 18.2. The van der Waals surface area contributed by atoms with Crippen molar-refractivity contribution in [3.63, 3.8) is 0 Å². The van der Waals surface area contributed by atoms with E-state index in [0.717, 1.165) is 25.7 Å². The zero-order valence-electron chi connectivity index (χ0n) is 13.4. The number of likely N-dealkylation sites (N-methyl/N-ethyl adjacent to an activating group) is 1. The molecule has 0 aromatic carbocycles. The van der Waals surface area contributed by atoms with Crippen LogP contribution in [0.15, 0.2) is 0 Å². The minimum absolute atomic E-state index is 0.0530. The molecule has 1 atom stereocenters. The standard InChI is InChI=1S/C15H28N2O3/c1-15(2,3)20-14(19)16-12(13(18)17(4)5)11-9-7-6-8-10-11/h11-12H,6-10H2,1-5H3,(H,16,19)/t12-/m0/s1. The highest BCUT2D eigenvalue weighted by atomic mass is 16.6. The van der Waals surface area contributed by atoms with E-state index in [9.17, 15) is 9.59 Å². The van der Waals surface area contributed by atoms with Gasteiger partial charge < -0.3 is 15.0 Å². The molecule has 1 aliphatic carbocycles. The van der Waals surface area contributed by atoms with Crippen LogP contribution in [0.25, 0.3) is 0 Å². The molecule has 1 saturated carbocycles. The zero-order chi connectivity index (χ0) is 15.3. The van der Waals surface area contributed by atoms with E-state index >= 15 is 0 Å². The summed E-state index contributed by atoms with van der Waals surface area (Å²) >= 11 is 0. The largest absolute Gasteiger partial charge is 0.444 e. The molecular formula is C15H28N2O3. The average Bonchev–Trinajstić information content (AvgIpc) is 2.34. The lowest BCUT2D eigenvalue weighted by molar-refractivity contribution is -0.132. The third-order valence-electron chi connectivity index (χ3n) is 3.50. The van der Waals surface area contributed by atoms with Crippen LogP contribution in [0.5, 0.6) is 0 Å². The molecule has 1 N–H and O–H groups in total. The number of carbonyl (C=O) groups is 2. The summed E-state index contributed by atoms with van der Waals surface area (Å²) < 4.78 is 5.27. The molecule has 0 aliphatic heterocycles. The Labute approximate surface area is 122 Å². The maximum Gasteiger partial charge on any atom is 0.408 e. The summed E-state index contributed by atoms with van der Waals surface area (Å²) in [6.45, 7) is 5.45. The molecule has 20 heavy (non-hydrogen) atoms. The van der Waals surface area contributed by atoms with E-state index in [-0.39, 0.29) is 11.8 Å². The number of hydrogen-bond acceptors (Lipinski definition) is 3. The molecule has 0 bridgehead atoms. The topological polar surface area (TPSA) is 58.6 Å². The minimum atomic E-state index is -0.553. The molecule has 0 aromatic heterocycles. The lowest BCUT2D eigenvalue weighted by Gasteiger charge is -2.32. The van der Waals surface area contributed by atoms with Crippen molar-refractivity contribution in [3.8, 4) is 0 Å². The molecule has 0 saturated heterocycles. The molecule has 0 aromatic rings. The number of ether oxygens (including phenoxy) is 1. The van der Waals surface area contributed by atoms with Crippen molar-refractivity contribution in [1.82, 2.24) is 10.2 Å². The van der Waals surface area contributed by atoms with Gasteiger partial charge in [-0.05, 0) is 39.5 Å². The highest BCUT2D eigenvalue weighted by Gasteiger charge is 2.33. The predicted octanol–water partition coefficient (Wildman–Crippen LogP) is 2.55. The van der Waals surface area contributed by atoms with E-state index < -0.39 is 17.7 Å². The molecule has 0 radical (unpaired) electrons. The molecule has 1 fully saturated rings. The van der Waals surface area contributed by atoms with Gasteiger partial charge in [0.25, 0.3) is 0 Å². The van der Waals surface area contributed by atoms with Gasteiger partial charge in [-0.25, -0.2) is 4.79 Å². The van der Waals surface area contributed by atoms with Crippen LogP contribution in [-0.4, -0.2) is 42.6 Å². The highest BCUT2D eigenvalue weighted by molar-refractivity contribution is 5.85. The maximum atomic E-state index is 12.3. The molecule has 116 valence electrons. The minimum Gasteiger partial charge on any atom is -0.444 e. The average molecular weight is 284 g/mol. The lowest BCUT2D eigenvalue weighted by atomic mass is 9.83. The van der Waals surface area contributed by atoms with E-state index in [4.69, 9.17) is 4.74 Å². The smallest absolute Gasteiger partial charge is 0.408 e. The zero-order valence-corrected chi connectivity index (χ0v) is 13.4. The second-order valence-corrected chi connectivity index (χ2v) is 6.75. The van der Waals surface area contributed by atoms with Gasteiger partial charge in [-0.15, -0.1) is 0 Å². The van der Waals surface area contributed by atoms with Gasteiger partial charge in [0, 0.05) is 14.1 Å². The second kappa shape index (κ2) is 6.95. The van der Waals surface area contributed by atoms with Crippen LogP contribution in [0.2, 0.25) is 0 Å². The fourth-order valence-corrected chi connectivity index (χ4v) is 2.56. The van der Waals surface area contributed by atoms with Gasteiger partial charge in [0.15, 0.2) is 0 Å². The first-order valence-electron chi connectivity index (χ1n) is 7.41. The van der Waals surface area contributed by atoms with Crippen LogP contribution in [0, 0.1) is 5.92 Å². The van der Waals surface area contributed by atoms with Crippen molar-refractivity contribution in [2.24, 2.45) is 5.92 Å². The number of nitrogens with one attached hydrogen (secondary N) is 1. The van der Waals surface area contributed by atoms with E-state index in [1.54, 1.807) is 14.1 Å². The van der Waals surface area contributed by atoms with Crippen LogP contribution >= 0.6 is 0 Å². The van der Waals surface area contributed by atoms with Gasteiger partial charge in [0.05, 0.1) is 0 Å². The Morgan fingerprint density at radius 3 is 2.15 bits per heavy atom. The SMILES string of the molecule is CN(C)C(=O)[C@@H](NC(=O)OC(C)(C)C)C1CCCCC1. The summed E-state index contributed by atoms with van der Waals surface area (Å²) in [5.74, 6) is 0.161. The Hall–Kier alpha value is -1.26. The van der Waals surface area contributed by atoms with Crippen LogP contribution < -0.4 is 5.32 Å². The van der Waals surface area contributed by atoms with E-state index in [1.807, 2.05) is 20.8 Å². The first-order chi connectivity index (χ1) is 9.20. The number of rotatable bonds is 3. The Bertz CT molecular complexity index is 342. The van der Waals surface area contributed by atoms with Crippen LogP contribution in [0.4, 0.5) is 4.79 Å². The molecule has 5 nitrogen and oxygen atoms in total. The Kier molecular flexibility index (Phi) is 5.84. The fourth-order valence-electron chi connectivity index (χ4n) is 2.56. The van der Waals surface area contributed by atoms with Gasteiger partial charge in [0.1, 0.15) is 11.6 Å². The third kappa shape index (κ3) is 5.39. The summed E-state index contributed by atoms with van der Waals surface area (Å²) in [5, 5.41) is 2.77. The maximum absolute atomic E-state index is 12.3. The van der Waals surface area contributed by atoms with E-state index in [0.29, 0.717) is 0 Å². The van der Waals surface area contributed by atoms with Crippen molar-refractivity contribution in [1.29, 1.82) is 0 Å². The van der Waals surface area contributed by atoms with Crippen LogP contribution in [0.1, 0.15) is 52.9 Å². The molecule has 0 unspecified atom stereocenters. The molecule has 1 aliphatic rings. The van der Waals surface area contributed by atoms with Crippen LogP contribution in [-0.2, 0) is 9.53 Å². The van der Waals surface area contributed by atoms with Gasteiger partial charge in [-0.1, -0.05) is 19.3 Å². The summed E-state index contributed by atoms with van der Waals surface area (Å²) in [7, 11) is 3.43. The number of amides is 2. The quantitative estimate of drug-likeness (QED) is 0.866. The first-order valence-corrected chi connectivity index (χ1v) is 7.41. The first kappa shape index (κ1) is 16.8. The van der Waals surface area contributed by atoms with Gasteiger partial charge in [-0.2, -0.15) is 0 Å². The van der Waals surface area contributed by atoms with Gasteiger partial charge in [-0.3, -0.25) is 4.79 Å².